The third kappa shape index (κ3) is 3.55. The number of nitrogens with zero attached hydrogens (tertiary/aromatic N) is 1. The normalized spacial score (nSPS) is 10.2. The fourth-order valence-electron chi connectivity index (χ4n) is 1.94. The average molecular weight is 272 g/mol. The fraction of sp³-hybridized carbons (Fsp3) is 0.200. The first kappa shape index (κ1) is 14.0. The van der Waals surface area contributed by atoms with Crippen molar-refractivity contribution in [1.29, 1.82) is 0 Å². The number of hydrogen-bond donors (Lipinski definition) is 2. The summed E-state index contributed by atoms with van der Waals surface area (Å²) in [4.78, 5) is 10.5. The number of nitrogens with one attached hydrogen (secondary N) is 1. The summed E-state index contributed by atoms with van der Waals surface area (Å²) in [5, 5.41) is 22.9. The Labute approximate surface area is 117 Å². The highest BCUT2D eigenvalue weighted by atomic mass is 16.6. The number of anilines is 1. The van der Waals surface area contributed by atoms with Crippen LogP contribution in [-0.2, 0) is 13.0 Å². The second kappa shape index (κ2) is 6.68. The number of hydrogen-bond acceptors (Lipinski definition) is 4. The Balaban J connectivity index is 1.94. The molecule has 0 unspecified atom stereocenters. The van der Waals surface area contributed by atoms with Gasteiger partial charge in [-0.15, -0.1) is 0 Å². The fourth-order valence-corrected chi connectivity index (χ4v) is 1.94. The second-order valence-corrected chi connectivity index (χ2v) is 4.43. The van der Waals surface area contributed by atoms with Crippen LogP contribution >= 0.6 is 0 Å². The molecule has 0 amide bonds. The van der Waals surface area contributed by atoms with Gasteiger partial charge >= 0.3 is 0 Å². The minimum atomic E-state index is -0.391. The minimum absolute atomic E-state index is 0.0364. The monoisotopic (exact) mass is 272 g/mol. The predicted octanol–water partition coefficient (Wildman–Crippen LogP) is 2.74. The molecule has 0 aliphatic carbocycles. The summed E-state index contributed by atoms with van der Waals surface area (Å²) in [5.74, 6) is 0. The summed E-state index contributed by atoms with van der Waals surface area (Å²) in [6, 6.07) is 14.3. The van der Waals surface area contributed by atoms with Gasteiger partial charge in [0.05, 0.1) is 11.5 Å². The number of benzene rings is 2. The molecule has 2 N–H and O–H groups in total. The van der Waals surface area contributed by atoms with Gasteiger partial charge in [0.1, 0.15) is 5.69 Å². The molecule has 0 aliphatic rings. The van der Waals surface area contributed by atoms with Crippen molar-refractivity contribution in [2.75, 3.05) is 11.9 Å². The predicted molar refractivity (Wildman–Crippen MR) is 77.7 cm³/mol. The van der Waals surface area contributed by atoms with Crippen molar-refractivity contribution in [1.82, 2.24) is 0 Å². The van der Waals surface area contributed by atoms with E-state index < -0.39 is 4.92 Å². The van der Waals surface area contributed by atoms with Crippen LogP contribution in [0.5, 0.6) is 0 Å². The number of para-hydroxylation sites is 2. The Bertz CT molecular complexity index is 582. The molecule has 2 aromatic carbocycles. The molecule has 5 nitrogen and oxygen atoms in total. The van der Waals surface area contributed by atoms with Gasteiger partial charge in [0, 0.05) is 12.6 Å². The zero-order valence-corrected chi connectivity index (χ0v) is 11.0. The molecule has 2 rings (SSSR count). The SMILES string of the molecule is O=[N+]([O-])c1ccccc1NCCc1ccc(CO)cc1. The van der Waals surface area contributed by atoms with Gasteiger partial charge < -0.3 is 10.4 Å². The zero-order chi connectivity index (χ0) is 14.4. The van der Waals surface area contributed by atoms with Crippen LogP contribution < -0.4 is 5.32 Å². The molecule has 2 aromatic rings. The van der Waals surface area contributed by atoms with Crippen molar-refractivity contribution in [3.63, 3.8) is 0 Å². The topological polar surface area (TPSA) is 75.4 Å². The van der Waals surface area contributed by atoms with E-state index in [1.54, 1.807) is 18.2 Å². The lowest BCUT2D eigenvalue weighted by Gasteiger charge is -2.07. The van der Waals surface area contributed by atoms with Gasteiger partial charge in [-0.25, -0.2) is 0 Å². The van der Waals surface area contributed by atoms with Crippen LogP contribution in [0.4, 0.5) is 11.4 Å². The molecule has 5 heteroatoms. The Hall–Kier alpha value is -2.40. The van der Waals surface area contributed by atoms with Gasteiger partial charge in [-0.3, -0.25) is 10.1 Å². The van der Waals surface area contributed by atoms with Gasteiger partial charge in [-0.05, 0) is 23.6 Å². The van der Waals surface area contributed by atoms with Crippen LogP contribution in [0.1, 0.15) is 11.1 Å². The summed E-state index contributed by atoms with van der Waals surface area (Å²) in [6.07, 6.45) is 0.762. The maximum atomic E-state index is 10.9. The van der Waals surface area contributed by atoms with Crippen molar-refractivity contribution in [3.8, 4) is 0 Å². The molecule has 0 radical (unpaired) electrons. The van der Waals surface area contributed by atoms with Crippen LogP contribution in [-0.4, -0.2) is 16.6 Å². The second-order valence-electron chi connectivity index (χ2n) is 4.43. The molecule has 0 saturated heterocycles. The van der Waals surface area contributed by atoms with E-state index in [0.717, 1.165) is 17.5 Å². The summed E-state index contributed by atoms with van der Waals surface area (Å²) in [7, 11) is 0. The number of nitro groups is 1. The van der Waals surface area contributed by atoms with Crippen molar-refractivity contribution in [2.24, 2.45) is 0 Å². The summed E-state index contributed by atoms with van der Waals surface area (Å²) < 4.78 is 0. The van der Waals surface area contributed by atoms with Crippen LogP contribution in [0.3, 0.4) is 0 Å². The average Bonchev–Trinajstić information content (AvgIpc) is 2.48. The zero-order valence-electron chi connectivity index (χ0n) is 11.0. The van der Waals surface area contributed by atoms with E-state index in [4.69, 9.17) is 5.11 Å². The maximum Gasteiger partial charge on any atom is 0.292 e. The molecule has 104 valence electrons. The quantitative estimate of drug-likeness (QED) is 0.626. The molecule has 0 bridgehead atoms. The smallest absolute Gasteiger partial charge is 0.292 e. The summed E-state index contributed by atoms with van der Waals surface area (Å²) in [5.41, 5.74) is 2.61. The van der Waals surface area contributed by atoms with E-state index in [-0.39, 0.29) is 12.3 Å². The summed E-state index contributed by atoms with van der Waals surface area (Å²) >= 11 is 0. The molecule has 0 spiro atoms. The molecule has 0 atom stereocenters. The number of rotatable bonds is 6. The van der Waals surface area contributed by atoms with Crippen LogP contribution in [0.25, 0.3) is 0 Å². The maximum absolute atomic E-state index is 10.9. The Morgan fingerprint density at radius 3 is 2.35 bits per heavy atom. The van der Waals surface area contributed by atoms with Gasteiger partial charge in [0.15, 0.2) is 0 Å². The third-order valence-electron chi connectivity index (χ3n) is 3.04. The largest absolute Gasteiger partial charge is 0.392 e. The van der Waals surface area contributed by atoms with Gasteiger partial charge in [-0.1, -0.05) is 36.4 Å². The molecule has 0 aliphatic heterocycles. The van der Waals surface area contributed by atoms with Crippen LogP contribution in [0.15, 0.2) is 48.5 Å². The van der Waals surface area contributed by atoms with E-state index in [1.165, 1.54) is 6.07 Å². The number of nitro benzene ring substituents is 1. The third-order valence-corrected chi connectivity index (χ3v) is 3.04. The van der Waals surface area contributed by atoms with Crippen LogP contribution in [0, 0.1) is 10.1 Å². The highest BCUT2D eigenvalue weighted by Crippen LogP contribution is 2.22. The minimum Gasteiger partial charge on any atom is -0.392 e. The molecule has 20 heavy (non-hydrogen) atoms. The summed E-state index contributed by atoms with van der Waals surface area (Å²) in [6.45, 7) is 0.651. The van der Waals surface area contributed by atoms with Crippen molar-refractivity contribution >= 4 is 11.4 Å². The standard InChI is InChI=1S/C15H16N2O3/c18-11-13-7-5-12(6-8-13)9-10-16-14-3-1-2-4-15(14)17(19)20/h1-8,16,18H,9-11H2. The molecular formula is C15H16N2O3. The lowest BCUT2D eigenvalue weighted by Crippen LogP contribution is -2.06. The molecule has 0 fully saturated rings. The molecule has 0 aromatic heterocycles. The van der Waals surface area contributed by atoms with Crippen molar-refractivity contribution in [3.05, 3.63) is 69.8 Å². The van der Waals surface area contributed by atoms with E-state index in [9.17, 15) is 10.1 Å². The van der Waals surface area contributed by atoms with E-state index in [0.29, 0.717) is 12.2 Å². The van der Waals surface area contributed by atoms with Crippen molar-refractivity contribution in [2.45, 2.75) is 13.0 Å². The lowest BCUT2D eigenvalue weighted by molar-refractivity contribution is -0.384. The van der Waals surface area contributed by atoms with Crippen molar-refractivity contribution < 1.29 is 10.0 Å². The number of aliphatic hydroxyl groups is 1. The molecular weight excluding hydrogens is 256 g/mol. The van der Waals surface area contributed by atoms with E-state index >= 15 is 0 Å². The Morgan fingerprint density at radius 1 is 1.05 bits per heavy atom. The molecule has 0 heterocycles. The van der Waals surface area contributed by atoms with Crippen LogP contribution in [0.2, 0.25) is 0 Å². The highest BCUT2D eigenvalue weighted by Gasteiger charge is 2.11. The van der Waals surface area contributed by atoms with Gasteiger partial charge in [-0.2, -0.15) is 0 Å². The van der Waals surface area contributed by atoms with E-state index in [2.05, 4.69) is 5.32 Å². The van der Waals surface area contributed by atoms with Gasteiger partial charge in [0.25, 0.3) is 5.69 Å². The first-order chi connectivity index (χ1) is 9.70. The first-order valence-corrected chi connectivity index (χ1v) is 6.36. The highest BCUT2D eigenvalue weighted by molar-refractivity contribution is 5.61. The van der Waals surface area contributed by atoms with E-state index in [1.807, 2.05) is 24.3 Å². The Kier molecular flexibility index (Phi) is 4.68. The Morgan fingerprint density at radius 2 is 1.70 bits per heavy atom. The first-order valence-electron chi connectivity index (χ1n) is 6.36. The van der Waals surface area contributed by atoms with Gasteiger partial charge in [0.2, 0.25) is 0 Å². The molecule has 0 saturated carbocycles. The lowest BCUT2D eigenvalue weighted by atomic mass is 10.1. The number of aliphatic hydroxyl groups excluding tert-OH is 1.